The van der Waals surface area contributed by atoms with Crippen LogP contribution in [0.3, 0.4) is 0 Å². The van der Waals surface area contributed by atoms with Crippen LogP contribution in [-0.4, -0.2) is 35.4 Å². The van der Waals surface area contributed by atoms with Gasteiger partial charge in [0.05, 0.1) is 7.11 Å². The molecule has 1 unspecified atom stereocenters. The number of halogens is 1. The highest BCUT2D eigenvalue weighted by molar-refractivity contribution is 5.95. The zero-order chi connectivity index (χ0) is 21.7. The van der Waals surface area contributed by atoms with Crippen LogP contribution < -0.4 is 4.90 Å². The van der Waals surface area contributed by atoms with E-state index in [1.165, 1.54) is 31.4 Å². The summed E-state index contributed by atoms with van der Waals surface area (Å²) in [5.41, 5.74) is 2.59. The molecule has 0 aliphatic heterocycles. The van der Waals surface area contributed by atoms with E-state index in [1.807, 2.05) is 0 Å². The molecular weight excluding hydrogens is 389 g/mol. The number of amides is 1. The molecule has 3 rings (SSSR count). The maximum atomic E-state index is 13.2. The van der Waals surface area contributed by atoms with Crippen molar-refractivity contribution in [1.29, 1.82) is 0 Å². The number of ether oxygens (including phenoxy) is 1. The molecule has 0 heterocycles. The molecule has 7 heteroatoms. The summed E-state index contributed by atoms with van der Waals surface area (Å²) in [5.74, 6) is -1.50. The zero-order valence-corrected chi connectivity index (χ0v) is 16.2. The van der Waals surface area contributed by atoms with Gasteiger partial charge in [0.1, 0.15) is 17.6 Å². The number of carbonyl (C=O) groups excluding carboxylic acids is 1. The number of phenols is 1. The number of carbonyl (C=O) groups is 2. The Morgan fingerprint density at radius 2 is 1.47 bits per heavy atom. The summed E-state index contributed by atoms with van der Waals surface area (Å²) in [7, 11) is 1.18. The van der Waals surface area contributed by atoms with Crippen LogP contribution >= 0.6 is 0 Å². The van der Waals surface area contributed by atoms with Gasteiger partial charge in [0, 0.05) is 12.1 Å². The van der Waals surface area contributed by atoms with Crippen molar-refractivity contribution >= 4 is 17.7 Å². The first-order valence-corrected chi connectivity index (χ1v) is 9.13. The SMILES string of the molecule is COC(=O)N(c1ccc(-c2ccc(O)cc2)cc1)C(Cc1ccc(F)cc1)C(=O)O. The second-order valence-electron chi connectivity index (χ2n) is 6.62. The Morgan fingerprint density at radius 3 is 1.97 bits per heavy atom. The van der Waals surface area contributed by atoms with Crippen molar-refractivity contribution in [3.63, 3.8) is 0 Å². The fourth-order valence-electron chi connectivity index (χ4n) is 3.11. The molecule has 0 aromatic heterocycles. The van der Waals surface area contributed by atoms with Gasteiger partial charge >= 0.3 is 12.1 Å². The number of carboxylic acid groups (broad SMARTS) is 1. The van der Waals surface area contributed by atoms with Crippen molar-refractivity contribution in [2.75, 3.05) is 12.0 Å². The summed E-state index contributed by atoms with van der Waals surface area (Å²) in [4.78, 5) is 25.5. The van der Waals surface area contributed by atoms with Crippen LogP contribution in [-0.2, 0) is 16.0 Å². The third-order valence-corrected chi connectivity index (χ3v) is 4.66. The highest BCUT2D eigenvalue weighted by Crippen LogP contribution is 2.27. The number of phenolic OH excluding ortho intramolecular Hbond substituents is 1. The Morgan fingerprint density at radius 1 is 0.933 bits per heavy atom. The van der Waals surface area contributed by atoms with Gasteiger partial charge in [0.15, 0.2) is 0 Å². The number of aromatic hydroxyl groups is 1. The number of hydrogen-bond donors (Lipinski definition) is 2. The lowest BCUT2D eigenvalue weighted by molar-refractivity contribution is -0.138. The predicted octanol–water partition coefficient (Wildman–Crippen LogP) is 4.47. The molecule has 30 heavy (non-hydrogen) atoms. The quantitative estimate of drug-likeness (QED) is 0.627. The number of methoxy groups -OCH3 is 1. The van der Waals surface area contributed by atoms with Crippen LogP contribution in [0.1, 0.15) is 5.56 Å². The molecule has 0 saturated heterocycles. The van der Waals surface area contributed by atoms with Gasteiger partial charge in [-0.15, -0.1) is 0 Å². The molecule has 2 N–H and O–H groups in total. The van der Waals surface area contributed by atoms with Crippen molar-refractivity contribution in [2.24, 2.45) is 0 Å². The first-order chi connectivity index (χ1) is 14.4. The summed E-state index contributed by atoms with van der Waals surface area (Å²) in [6, 6.07) is 17.6. The Labute approximate surface area is 172 Å². The average molecular weight is 409 g/mol. The normalized spacial score (nSPS) is 11.5. The van der Waals surface area contributed by atoms with Gasteiger partial charge in [-0.25, -0.2) is 14.0 Å². The van der Waals surface area contributed by atoms with E-state index in [2.05, 4.69) is 0 Å². The Hall–Kier alpha value is -3.87. The van der Waals surface area contributed by atoms with Crippen LogP contribution in [0, 0.1) is 5.82 Å². The van der Waals surface area contributed by atoms with Crippen LogP contribution in [0.5, 0.6) is 5.75 Å². The summed E-state index contributed by atoms with van der Waals surface area (Å²) in [5, 5.41) is 19.2. The molecule has 1 amide bonds. The molecule has 3 aromatic rings. The summed E-state index contributed by atoms with van der Waals surface area (Å²) in [6.45, 7) is 0. The van der Waals surface area contributed by atoms with E-state index in [1.54, 1.807) is 48.5 Å². The first kappa shape index (κ1) is 20.9. The van der Waals surface area contributed by atoms with Gasteiger partial charge in [-0.2, -0.15) is 0 Å². The number of aliphatic carboxylic acids is 1. The van der Waals surface area contributed by atoms with Crippen molar-refractivity contribution < 1.29 is 28.9 Å². The van der Waals surface area contributed by atoms with Crippen LogP contribution in [0.4, 0.5) is 14.9 Å². The summed E-state index contributed by atoms with van der Waals surface area (Å²) >= 11 is 0. The molecule has 0 aliphatic carbocycles. The van der Waals surface area contributed by atoms with E-state index in [4.69, 9.17) is 4.74 Å². The zero-order valence-electron chi connectivity index (χ0n) is 16.2. The Bertz CT molecular complexity index is 1020. The molecular formula is C23H20FNO5. The topological polar surface area (TPSA) is 87.1 Å². The van der Waals surface area contributed by atoms with Gasteiger partial charge in [0.25, 0.3) is 0 Å². The van der Waals surface area contributed by atoms with Gasteiger partial charge in [-0.05, 0) is 53.1 Å². The number of nitrogens with zero attached hydrogens (tertiary/aromatic N) is 1. The maximum absolute atomic E-state index is 13.2. The number of benzene rings is 3. The van der Waals surface area contributed by atoms with Crippen LogP contribution in [0.2, 0.25) is 0 Å². The van der Waals surface area contributed by atoms with E-state index in [-0.39, 0.29) is 12.2 Å². The summed E-state index contributed by atoms with van der Waals surface area (Å²) in [6.07, 6.45) is -0.841. The lowest BCUT2D eigenvalue weighted by atomic mass is 10.0. The van der Waals surface area contributed by atoms with E-state index >= 15 is 0 Å². The largest absolute Gasteiger partial charge is 0.508 e. The standard InChI is InChI=1S/C23H20FNO5/c1-30-23(29)25(21(22(27)28)14-15-2-8-18(24)9-3-15)19-10-4-16(5-11-19)17-6-12-20(26)13-7-17/h2-13,21,26H,14H2,1H3,(H,27,28). The second-order valence-corrected chi connectivity index (χ2v) is 6.62. The van der Waals surface area contributed by atoms with Gasteiger partial charge in [-0.3, -0.25) is 4.90 Å². The highest BCUT2D eigenvalue weighted by Gasteiger charge is 2.32. The molecule has 0 spiro atoms. The first-order valence-electron chi connectivity index (χ1n) is 9.13. The monoisotopic (exact) mass is 409 g/mol. The van der Waals surface area contributed by atoms with Crippen molar-refractivity contribution in [3.8, 4) is 16.9 Å². The number of hydrogen-bond acceptors (Lipinski definition) is 4. The lowest BCUT2D eigenvalue weighted by Crippen LogP contribution is -2.46. The minimum Gasteiger partial charge on any atom is -0.508 e. The molecule has 0 saturated carbocycles. The minimum atomic E-state index is -1.25. The predicted molar refractivity (Wildman–Crippen MR) is 110 cm³/mol. The van der Waals surface area contributed by atoms with E-state index in [9.17, 15) is 24.2 Å². The van der Waals surface area contributed by atoms with Gasteiger partial charge in [-0.1, -0.05) is 36.4 Å². The Balaban J connectivity index is 1.93. The fourth-order valence-corrected chi connectivity index (χ4v) is 3.11. The highest BCUT2D eigenvalue weighted by atomic mass is 19.1. The maximum Gasteiger partial charge on any atom is 0.414 e. The van der Waals surface area contributed by atoms with Crippen molar-refractivity contribution in [2.45, 2.75) is 12.5 Å². The van der Waals surface area contributed by atoms with Gasteiger partial charge in [0.2, 0.25) is 0 Å². The molecule has 3 aromatic carbocycles. The number of anilines is 1. The molecule has 154 valence electrons. The molecule has 0 fully saturated rings. The van der Waals surface area contributed by atoms with E-state index in [0.29, 0.717) is 11.3 Å². The van der Waals surface area contributed by atoms with Crippen molar-refractivity contribution in [3.05, 3.63) is 84.2 Å². The minimum absolute atomic E-state index is 0.0234. The van der Waals surface area contributed by atoms with Crippen LogP contribution in [0.15, 0.2) is 72.8 Å². The lowest BCUT2D eigenvalue weighted by Gasteiger charge is -2.28. The Kier molecular flexibility index (Phi) is 6.32. The molecule has 0 bridgehead atoms. The van der Waals surface area contributed by atoms with Crippen LogP contribution in [0.25, 0.3) is 11.1 Å². The van der Waals surface area contributed by atoms with E-state index in [0.717, 1.165) is 16.0 Å². The molecule has 0 radical (unpaired) electrons. The van der Waals surface area contributed by atoms with E-state index < -0.39 is 23.9 Å². The number of carboxylic acids is 1. The molecule has 1 atom stereocenters. The number of rotatable bonds is 6. The smallest absolute Gasteiger partial charge is 0.414 e. The van der Waals surface area contributed by atoms with Crippen molar-refractivity contribution in [1.82, 2.24) is 0 Å². The second kappa shape index (κ2) is 9.09. The fraction of sp³-hybridized carbons (Fsp3) is 0.130. The average Bonchev–Trinajstić information content (AvgIpc) is 2.75. The van der Waals surface area contributed by atoms with Gasteiger partial charge < -0.3 is 14.9 Å². The molecule has 6 nitrogen and oxygen atoms in total. The molecule has 0 aliphatic rings. The third-order valence-electron chi connectivity index (χ3n) is 4.66. The third kappa shape index (κ3) is 4.75. The summed E-state index contributed by atoms with van der Waals surface area (Å²) < 4.78 is 18.0.